The molecule has 1 heterocycles. The van der Waals surface area contributed by atoms with Crippen molar-refractivity contribution in [2.24, 2.45) is 0 Å². The molecule has 0 aliphatic carbocycles. The quantitative estimate of drug-likeness (QED) is 0.858. The lowest BCUT2D eigenvalue weighted by atomic mass is 10.0. The smallest absolute Gasteiger partial charge is 0.341 e. The van der Waals surface area contributed by atoms with E-state index in [1.807, 2.05) is 19.0 Å². The van der Waals surface area contributed by atoms with Crippen molar-refractivity contribution in [2.45, 2.75) is 13.5 Å². The van der Waals surface area contributed by atoms with Crippen LogP contribution in [0.2, 0.25) is 0 Å². The number of carbonyl (C=O) groups is 1. The molecule has 6 heteroatoms. The van der Waals surface area contributed by atoms with Crippen LogP contribution in [0.1, 0.15) is 22.2 Å². The van der Waals surface area contributed by atoms with Crippen LogP contribution in [0, 0.1) is 5.82 Å². The van der Waals surface area contributed by atoms with Gasteiger partial charge in [-0.15, -0.1) is 11.3 Å². The third kappa shape index (κ3) is 3.45. The van der Waals surface area contributed by atoms with Gasteiger partial charge in [-0.25, -0.2) is 9.18 Å². The van der Waals surface area contributed by atoms with E-state index in [2.05, 4.69) is 0 Å². The van der Waals surface area contributed by atoms with E-state index in [-0.39, 0.29) is 12.4 Å². The minimum Gasteiger partial charge on any atom is -0.462 e. The monoisotopic (exact) mass is 322 g/mol. The number of rotatable bonds is 5. The predicted octanol–water partition coefficient (Wildman–Crippen LogP) is 3.37. The Hall–Kier alpha value is -1.92. The summed E-state index contributed by atoms with van der Waals surface area (Å²) in [6.07, 6.45) is 0. The normalized spacial score (nSPS) is 11.0. The van der Waals surface area contributed by atoms with Crippen LogP contribution in [0.4, 0.5) is 9.39 Å². The minimum atomic E-state index is -0.444. The van der Waals surface area contributed by atoms with Crippen LogP contribution in [0.15, 0.2) is 24.3 Å². The number of hydrogen-bond acceptors (Lipinski definition) is 5. The highest BCUT2D eigenvalue weighted by Crippen LogP contribution is 2.39. The van der Waals surface area contributed by atoms with Crippen LogP contribution < -0.4 is 5.73 Å². The lowest BCUT2D eigenvalue weighted by molar-refractivity contribution is 0.0529. The summed E-state index contributed by atoms with van der Waals surface area (Å²) in [6, 6.07) is 6.05. The maximum absolute atomic E-state index is 13.2. The molecule has 0 amide bonds. The van der Waals surface area contributed by atoms with E-state index in [1.54, 1.807) is 19.1 Å². The molecule has 0 bridgehead atoms. The van der Waals surface area contributed by atoms with Gasteiger partial charge in [-0.2, -0.15) is 0 Å². The molecule has 0 unspecified atom stereocenters. The van der Waals surface area contributed by atoms with Gasteiger partial charge in [-0.05, 0) is 38.7 Å². The number of ether oxygens (including phenoxy) is 1. The molecule has 22 heavy (non-hydrogen) atoms. The number of benzene rings is 1. The zero-order chi connectivity index (χ0) is 16.3. The number of hydrogen-bond donors (Lipinski definition) is 1. The average molecular weight is 322 g/mol. The van der Waals surface area contributed by atoms with Crippen LogP contribution in [0.3, 0.4) is 0 Å². The summed E-state index contributed by atoms with van der Waals surface area (Å²) in [6.45, 7) is 2.67. The average Bonchev–Trinajstić information content (AvgIpc) is 2.75. The van der Waals surface area contributed by atoms with Crippen molar-refractivity contribution in [3.63, 3.8) is 0 Å². The molecule has 1 aromatic carbocycles. The maximum atomic E-state index is 13.2. The second-order valence-corrected chi connectivity index (χ2v) is 6.24. The number of nitrogen functional groups attached to an aromatic ring is 1. The SMILES string of the molecule is CCOC(=O)c1c(N)sc(CN(C)C)c1-c1ccc(F)cc1. The van der Waals surface area contributed by atoms with Crippen molar-refractivity contribution < 1.29 is 13.9 Å². The zero-order valence-corrected chi connectivity index (χ0v) is 13.7. The van der Waals surface area contributed by atoms with Crippen LogP contribution in [0.25, 0.3) is 11.1 Å². The number of nitrogens with zero attached hydrogens (tertiary/aromatic N) is 1. The van der Waals surface area contributed by atoms with Gasteiger partial charge in [0.25, 0.3) is 0 Å². The molecule has 118 valence electrons. The second-order valence-electron chi connectivity index (χ2n) is 5.10. The number of anilines is 1. The van der Waals surface area contributed by atoms with Gasteiger partial charge < -0.3 is 15.4 Å². The molecule has 0 aliphatic rings. The Morgan fingerprint density at radius 2 is 1.95 bits per heavy atom. The highest BCUT2D eigenvalue weighted by molar-refractivity contribution is 7.17. The third-order valence-electron chi connectivity index (χ3n) is 3.08. The Labute approximate surface area is 133 Å². The van der Waals surface area contributed by atoms with E-state index in [0.29, 0.717) is 17.1 Å². The molecule has 0 saturated carbocycles. The molecule has 4 nitrogen and oxygen atoms in total. The fourth-order valence-electron chi connectivity index (χ4n) is 2.22. The molecule has 0 aliphatic heterocycles. The Kier molecular flexibility index (Phi) is 5.15. The topological polar surface area (TPSA) is 55.6 Å². The Balaban J connectivity index is 2.60. The first-order chi connectivity index (χ1) is 10.4. The molecule has 0 atom stereocenters. The van der Waals surface area contributed by atoms with Crippen LogP contribution in [-0.4, -0.2) is 31.6 Å². The van der Waals surface area contributed by atoms with Crippen LogP contribution >= 0.6 is 11.3 Å². The Bertz CT molecular complexity index is 666. The van der Waals surface area contributed by atoms with Gasteiger partial charge in [0.05, 0.1) is 6.61 Å². The van der Waals surface area contributed by atoms with Crippen molar-refractivity contribution in [3.8, 4) is 11.1 Å². The van der Waals surface area contributed by atoms with E-state index in [0.717, 1.165) is 16.0 Å². The summed E-state index contributed by atoms with van der Waals surface area (Å²) in [5.74, 6) is -0.764. The largest absolute Gasteiger partial charge is 0.462 e. The summed E-state index contributed by atoms with van der Waals surface area (Å²) >= 11 is 1.36. The van der Waals surface area contributed by atoms with Gasteiger partial charge in [0.2, 0.25) is 0 Å². The minimum absolute atomic E-state index is 0.278. The predicted molar refractivity (Wildman–Crippen MR) is 87.5 cm³/mol. The Morgan fingerprint density at radius 1 is 1.32 bits per heavy atom. The van der Waals surface area contributed by atoms with Crippen molar-refractivity contribution >= 4 is 22.3 Å². The van der Waals surface area contributed by atoms with E-state index in [1.165, 1.54) is 23.5 Å². The summed E-state index contributed by atoms with van der Waals surface area (Å²) in [5, 5.41) is 0.426. The first kappa shape index (κ1) is 16.5. The number of halogens is 1. The fraction of sp³-hybridized carbons (Fsp3) is 0.312. The van der Waals surface area contributed by atoms with Gasteiger partial charge in [0.1, 0.15) is 16.4 Å². The van der Waals surface area contributed by atoms with E-state index >= 15 is 0 Å². The molecule has 0 spiro atoms. The molecular formula is C16H19FN2O2S. The first-order valence-electron chi connectivity index (χ1n) is 6.93. The highest BCUT2D eigenvalue weighted by Gasteiger charge is 2.24. The van der Waals surface area contributed by atoms with Gasteiger partial charge in [0, 0.05) is 17.0 Å². The third-order valence-corrected chi connectivity index (χ3v) is 4.08. The highest BCUT2D eigenvalue weighted by atomic mass is 32.1. The zero-order valence-electron chi connectivity index (χ0n) is 12.9. The summed E-state index contributed by atoms with van der Waals surface area (Å²) < 4.78 is 18.3. The molecule has 2 rings (SSSR count). The fourth-order valence-corrected chi connectivity index (χ4v) is 3.42. The van der Waals surface area contributed by atoms with E-state index in [9.17, 15) is 9.18 Å². The van der Waals surface area contributed by atoms with Crippen molar-refractivity contribution in [3.05, 3.63) is 40.5 Å². The summed E-state index contributed by atoms with van der Waals surface area (Å²) in [7, 11) is 3.88. The number of carbonyl (C=O) groups excluding carboxylic acids is 1. The first-order valence-corrected chi connectivity index (χ1v) is 7.74. The number of esters is 1. The summed E-state index contributed by atoms with van der Waals surface area (Å²) in [4.78, 5) is 15.2. The van der Waals surface area contributed by atoms with E-state index < -0.39 is 5.97 Å². The van der Waals surface area contributed by atoms with Crippen molar-refractivity contribution in [2.75, 3.05) is 26.4 Å². The van der Waals surface area contributed by atoms with Crippen molar-refractivity contribution in [1.29, 1.82) is 0 Å². The number of nitrogens with two attached hydrogens (primary N) is 1. The van der Waals surface area contributed by atoms with Gasteiger partial charge in [-0.1, -0.05) is 12.1 Å². The molecule has 0 radical (unpaired) electrons. The van der Waals surface area contributed by atoms with Gasteiger partial charge in [-0.3, -0.25) is 0 Å². The summed E-state index contributed by atoms with van der Waals surface area (Å²) in [5.41, 5.74) is 7.90. The standard InChI is InChI=1S/C16H19FN2O2S/c1-4-21-16(20)14-13(10-5-7-11(17)8-6-10)12(9-19(2)3)22-15(14)18/h5-8H,4,9,18H2,1-3H3. The lowest BCUT2D eigenvalue weighted by Crippen LogP contribution is -2.11. The molecule has 0 fully saturated rings. The van der Waals surface area contributed by atoms with Gasteiger partial charge in [0.15, 0.2) is 0 Å². The van der Waals surface area contributed by atoms with Crippen LogP contribution in [0.5, 0.6) is 0 Å². The molecular weight excluding hydrogens is 303 g/mol. The molecule has 2 N–H and O–H groups in total. The molecule has 0 saturated heterocycles. The molecule has 1 aromatic heterocycles. The number of thiophene rings is 1. The second kappa shape index (κ2) is 6.89. The van der Waals surface area contributed by atoms with Crippen LogP contribution in [-0.2, 0) is 11.3 Å². The van der Waals surface area contributed by atoms with Gasteiger partial charge >= 0.3 is 5.97 Å². The van der Waals surface area contributed by atoms with E-state index in [4.69, 9.17) is 10.5 Å². The lowest BCUT2D eigenvalue weighted by Gasteiger charge is -2.11. The maximum Gasteiger partial charge on any atom is 0.341 e. The van der Waals surface area contributed by atoms with Crippen molar-refractivity contribution in [1.82, 2.24) is 4.90 Å². The molecule has 2 aromatic rings. The Morgan fingerprint density at radius 3 is 2.50 bits per heavy atom.